The average molecular weight is 259 g/mol. The molecule has 0 atom stereocenters. The molecule has 0 saturated carbocycles. The highest BCUT2D eigenvalue weighted by molar-refractivity contribution is 7.88. The van der Waals surface area contributed by atoms with E-state index >= 15 is 0 Å². The van der Waals surface area contributed by atoms with Gasteiger partial charge >= 0.3 is 0 Å². The molecule has 1 aromatic heterocycles. The first-order valence-electron chi connectivity index (χ1n) is 4.72. The predicted octanol–water partition coefficient (Wildman–Crippen LogP) is -0.891. The van der Waals surface area contributed by atoms with Crippen molar-refractivity contribution < 1.29 is 17.9 Å². The average Bonchev–Trinajstić information content (AvgIpc) is 2.23. The van der Waals surface area contributed by atoms with Crippen molar-refractivity contribution in [2.75, 3.05) is 19.4 Å². The molecule has 7 nitrogen and oxygen atoms in total. The summed E-state index contributed by atoms with van der Waals surface area (Å²) in [5.74, 6) is -0.556. The van der Waals surface area contributed by atoms with E-state index in [1.807, 2.05) is 0 Å². The van der Waals surface area contributed by atoms with Crippen molar-refractivity contribution in [3.8, 4) is 5.88 Å². The summed E-state index contributed by atoms with van der Waals surface area (Å²) in [6.45, 7) is 0.151. The molecule has 1 heterocycles. The van der Waals surface area contributed by atoms with E-state index in [2.05, 4.69) is 9.71 Å². The lowest BCUT2D eigenvalue weighted by atomic mass is 10.2. The number of carbonyl (C=O) groups excluding carboxylic acids is 1. The van der Waals surface area contributed by atoms with Crippen molar-refractivity contribution in [2.45, 2.75) is 0 Å². The molecule has 0 radical (unpaired) electrons. The SMILES string of the molecule is CS(=O)(=O)NCCOc1ncccc1C(N)=O. The lowest BCUT2D eigenvalue weighted by Gasteiger charge is -2.07. The Morgan fingerprint density at radius 3 is 2.88 bits per heavy atom. The third kappa shape index (κ3) is 4.79. The highest BCUT2D eigenvalue weighted by Crippen LogP contribution is 2.12. The van der Waals surface area contributed by atoms with Crippen LogP contribution >= 0.6 is 0 Å². The fraction of sp³-hybridized carbons (Fsp3) is 0.333. The second kappa shape index (κ2) is 5.60. The number of aromatic nitrogens is 1. The number of hydrogen-bond donors (Lipinski definition) is 2. The van der Waals surface area contributed by atoms with Crippen LogP contribution in [0.4, 0.5) is 0 Å². The number of nitrogens with two attached hydrogens (primary N) is 1. The molecule has 1 amide bonds. The van der Waals surface area contributed by atoms with Crippen molar-refractivity contribution >= 4 is 15.9 Å². The van der Waals surface area contributed by atoms with Crippen molar-refractivity contribution in [1.82, 2.24) is 9.71 Å². The Balaban J connectivity index is 2.55. The second-order valence-electron chi connectivity index (χ2n) is 3.24. The largest absolute Gasteiger partial charge is 0.476 e. The molecule has 0 unspecified atom stereocenters. The molecule has 0 fully saturated rings. The summed E-state index contributed by atoms with van der Waals surface area (Å²) in [6, 6.07) is 3.04. The van der Waals surface area contributed by atoms with Crippen LogP contribution in [0.25, 0.3) is 0 Å². The van der Waals surface area contributed by atoms with Gasteiger partial charge in [0.25, 0.3) is 5.91 Å². The molecular weight excluding hydrogens is 246 g/mol. The Labute approximate surface area is 99.0 Å². The number of amides is 1. The number of rotatable bonds is 6. The van der Waals surface area contributed by atoms with E-state index in [1.165, 1.54) is 12.3 Å². The van der Waals surface area contributed by atoms with Crippen LogP contribution in [0.2, 0.25) is 0 Å². The van der Waals surface area contributed by atoms with Gasteiger partial charge in [0.2, 0.25) is 15.9 Å². The van der Waals surface area contributed by atoms with E-state index in [0.717, 1.165) is 6.26 Å². The smallest absolute Gasteiger partial charge is 0.254 e. The molecule has 0 aliphatic rings. The van der Waals surface area contributed by atoms with Gasteiger partial charge in [-0.05, 0) is 12.1 Å². The van der Waals surface area contributed by atoms with E-state index in [0.29, 0.717) is 0 Å². The minimum atomic E-state index is -3.25. The van der Waals surface area contributed by atoms with E-state index in [1.54, 1.807) is 6.07 Å². The third-order valence-corrected chi connectivity index (χ3v) is 2.47. The Morgan fingerprint density at radius 2 is 2.29 bits per heavy atom. The summed E-state index contributed by atoms with van der Waals surface area (Å²) in [7, 11) is -3.25. The number of sulfonamides is 1. The predicted molar refractivity (Wildman–Crippen MR) is 61.1 cm³/mol. The molecule has 94 valence electrons. The molecule has 0 bridgehead atoms. The van der Waals surface area contributed by atoms with Crippen molar-refractivity contribution in [2.24, 2.45) is 5.73 Å². The molecule has 1 aromatic rings. The molecule has 1 rings (SSSR count). The number of pyridine rings is 1. The van der Waals surface area contributed by atoms with Gasteiger partial charge in [-0.25, -0.2) is 18.1 Å². The van der Waals surface area contributed by atoms with Gasteiger partial charge in [-0.3, -0.25) is 4.79 Å². The van der Waals surface area contributed by atoms with Crippen LogP contribution in [-0.4, -0.2) is 38.7 Å². The van der Waals surface area contributed by atoms with Crippen LogP contribution in [0, 0.1) is 0 Å². The van der Waals surface area contributed by atoms with Crippen LogP contribution in [-0.2, 0) is 10.0 Å². The quantitative estimate of drug-likeness (QED) is 0.644. The fourth-order valence-electron chi connectivity index (χ4n) is 1.07. The Hall–Kier alpha value is -1.67. The lowest BCUT2D eigenvalue weighted by Crippen LogP contribution is -2.27. The Morgan fingerprint density at radius 1 is 1.59 bits per heavy atom. The minimum Gasteiger partial charge on any atom is -0.476 e. The van der Waals surface area contributed by atoms with Gasteiger partial charge in [0.1, 0.15) is 12.2 Å². The summed E-state index contributed by atoms with van der Waals surface area (Å²) < 4.78 is 28.9. The van der Waals surface area contributed by atoms with Crippen LogP contribution in [0.5, 0.6) is 5.88 Å². The zero-order valence-corrected chi connectivity index (χ0v) is 10.0. The number of hydrogen-bond acceptors (Lipinski definition) is 5. The molecule has 0 aliphatic carbocycles. The maximum absolute atomic E-state index is 11.0. The standard InChI is InChI=1S/C9H13N3O4S/c1-17(14,15)12-5-6-16-9-7(8(10)13)3-2-4-11-9/h2-4,12H,5-6H2,1H3,(H2,10,13). The summed E-state index contributed by atoms with van der Waals surface area (Å²) in [5.41, 5.74) is 5.28. The van der Waals surface area contributed by atoms with Crippen molar-refractivity contribution in [3.05, 3.63) is 23.9 Å². The first-order valence-corrected chi connectivity index (χ1v) is 6.61. The summed E-state index contributed by atoms with van der Waals surface area (Å²) in [4.78, 5) is 14.8. The number of ether oxygens (including phenoxy) is 1. The highest BCUT2D eigenvalue weighted by atomic mass is 32.2. The summed E-state index contributed by atoms with van der Waals surface area (Å²) >= 11 is 0. The van der Waals surface area contributed by atoms with Crippen LogP contribution in [0.15, 0.2) is 18.3 Å². The number of carbonyl (C=O) groups is 1. The third-order valence-electron chi connectivity index (χ3n) is 1.74. The van der Waals surface area contributed by atoms with Crippen LogP contribution < -0.4 is 15.2 Å². The topological polar surface area (TPSA) is 111 Å². The second-order valence-corrected chi connectivity index (χ2v) is 5.07. The van der Waals surface area contributed by atoms with Gasteiger partial charge in [0.15, 0.2) is 0 Å². The minimum absolute atomic E-state index is 0.0599. The van der Waals surface area contributed by atoms with Gasteiger partial charge in [0.05, 0.1) is 6.26 Å². The zero-order chi connectivity index (χ0) is 12.9. The molecule has 0 spiro atoms. The van der Waals surface area contributed by atoms with Gasteiger partial charge in [-0.15, -0.1) is 0 Å². The molecule has 3 N–H and O–H groups in total. The van der Waals surface area contributed by atoms with Crippen molar-refractivity contribution in [1.29, 1.82) is 0 Å². The van der Waals surface area contributed by atoms with E-state index in [4.69, 9.17) is 10.5 Å². The van der Waals surface area contributed by atoms with E-state index in [-0.39, 0.29) is 24.6 Å². The number of nitrogens with zero attached hydrogens (tertiary/aromatic N) is 1. The number of nitrogens with one attached hydrogen (secondary N) is 1. The molecule has 17 heavy (non-hydrogen) atoms. The number of primary amides is 1. The van der Waals surface area contributed by atoms with Gasteiger partial charge in [-0.1, -0.05) is 0 Å². The first-order chi connectivity index (χ1) is 7.90. The Bertz CT molecular complexity index is 501. The molecular formula is C9H13N3O4S. The lowest BCUT2D eigenvalue weighted by molar-refractivity contribution is 0.0995. The summed E-state index contributed by atoms with van der Waals surface area (Å²) in [5, 5.41) is 0. The normalized spacial score (nSPS) is 11.1. The van der Waals surface area contributed by atoms with Gasteiger partial charge in [-0.2, -0.15) is 0 Å². The maximum Gasteiger partial charge on any atom is 0.254 e. The monoisotopic (exact) mass is 259 g/mol. The van der Waals surface area contributed by atoms with Crippen molar-refractivity contribution in [3.63, 3.8) is 0 Å². The van der Waals surface area contributed by atoms with Crippen LogP contribution in [0.1, 0.15) is 10.4 Å². The maximum atomic E-state index is 11.0. The first kappa shape index (κ1) is 13.4. The Kier molecular flexibility index (Phi) is 4.41. The highest BCUT2D eigenvalue weighted by Gasteiger charge is 2.09. The molecule has 0 aliphatic heterocycles. The molecule has 0 saturated heterocycles. The fourth-order valence-corrected chi connectivity index (χ4v) is 1.52. The zero-order valence-electron chi connectivity index (χ0n) is 9.21. The van der Waals surface area contributed by atoms with E-state index in [9.17, 15) is 13.2 Å². The van der Waals surface area contributed by atoms with E-state index < -0.39 is 15.9 Å². The van der Waals surface area contributed by atoms with Gasteiger partial charge in [0, 0.05) is 12.7 Å². The summed E-state index contributed by atoms with van der Waals surface area (Å²) in [6.07, 6.45) is 2.49. The molecule has 0 aromatic carbocycles. The van der Waals surface area contributed by atoms with Gasteiger partial charge < -0.3 is 10.5 Å². The van der Waals surface area contributed by atoms with Crippen LogP contribution in [0.3, 0.4) is 0 Å². The molecule has 8 heteroatoms.